The smallest absolute Gasteiger partial charge is 0.261 e. The molecule has 3 heterocycles. The number of morpholine rings is 1. The van der Waals surface area contributed by atoms with Gasteiger partial charge in [0, 0.05) is 49.8 Å². The number of allylic oxidation sites excluding steroid dienone is 1. The molecule has 0 radical (unpaired) electrons. The number of carbonyl (C=O) groups is 1. The van der Waals surface area contributed by atoms with Crippen LogP contribution in [0.15, 0.2) is 40.8 Å². The maximum atomic E-state index is 13.0. The molecule has 9 heteroatoms. The van der Waals surface area contributed by atoms with E-state index in [-0.39, 0.29) is 12.0 Å². The van der Waals surface area contributed by atoms with Crippen molar-refractivity contribution in [3.05, 3.63) is 41.4 Å². The van der Waals surface area contributed by atoms with Crippen LogP contribution >= 0.6 is 0 Å². The summed E-state index contributed by atoms with van der Waals surface area (Å²) in [6.45, 7) is 4.48. The molecule has 3 aliphatic heterocycles. The van der Waals surface area contributed by atoms with Crippen molar-refractivity contribution < 1.29 is 14.3 Å². The van der Waals surface area contributed by atoms with E-state index in [1.165, 1.54) is 0 Å². The molecule has 1 unspecified atom stereocenters. The van der Waals surface area contributed by atoms with Crippen LogP contribution in [0.5, 0.6) is 5.75 Å². The number of aliphatic imine (C=N–C) groups is 1. The quantitative estimate of drug-likeness (QED) is 0.495. The average molecular weight is 420 g/mol. The standard InChI is InChI=1S/C22H24N6O3/c1-22(3-4-23)13-15-11-17(18(12-19(15)31-22)28-7-9-30-10-8-28)27-21(29)16(14-24)20-25-5-2-6-26-20/h2,5-6,11-12,14,24-25H,3,7-10,13H2,1H3,(H,27,29)/b20-16-,24-14?. The molecule has 0 aliphatic carbocycles. The van der Waals surface area contributed by atoms with Crippen LogP contribution in [-0.4, -0.2) is 50.2 Å². The zero-order valence-corrected chi connectivity index (χ0v) is 17.3. The highest BCUT2D eigenvalue weighted by molar-refractivity contribution is 6.18. The molecule has 0 spiro atoms. The Balaban J connectivity index is 1.68. The summed E-state index contributed by atoms with van der Waals surface area (Å²) in [6.07, 6.45) is 6.77. The number of nitrogens with one attached hydrogen (secondary N) is 3. The second-order valence-corrected chi connectivity index (χ2v) is 7.78. The van der Waals surface area contributed by atoms with Gasteiger partial charge < -0.3 is 30.4 Å². The molecule has 1 saturated heterocycles. The summed E-state index contributed by atoms with van der Waals surface area (Å²) in [5.41, 5.74) is 1.93. The van der Waals surface area contributed by atoms with E-state index < -0.39 is 11.5 Å². The molecule has 1 amide bonds. The third-order valence-electron chi connectivity index (χ3n) is 5.40. The summed E-state index contributed by atoms with van der Waals surface area (Å²) in [7, 11) is 0. The average Bonchev–Trinajstić information content (AvgIpc) is 3.10. The summed E-state index contributed by atoms with van der Waals surface area (Å²) < 4.78 is 11.6. The molecule has 0 saturated carbocycles. The van der Waals surface area contributed by atoms with E-state index in [1.54, 1.807) is 18.5 Å². The number of ether oxygens (including phenoxy) is 2. The van der Waals surface area contributed by atoms with Crippen LogP contribution in [0.1, 0.15) is 18.9 Å². The molecule has 3 N–H and O–H groups in total. The summed E-state index contributed by atoms with van der Waals surface area (Å²) in [6, 6.07) is 6.02. The van der Waals surface area contributed by atoms with Crippen LogP contribution in [0.4, 0.5) is 11.4 Å². The Kier molecular flexibility index (Phi) is 5.73. The predicted octanol–water partition coefficient (Wildman–Crippen LogP) is 2.12. The highest BCUT2D eigenvalue weighted by Gasteiger charge is 2.36. The molecule has 0 aromatic heterocycles. The monoisotopic (exact) mass is 420 g/mol. The normalized spacial score (nSPS) is 23.3. The number of fused-ring (bicyclic) bond motifs is 1. The molecule has 1 fully saturated rings. The third-order valence-corrected chi connectivity index (χ3v) is 5.40. The summed E-state index contributed by atoms with van der Waals surface area (Å²) in [4.78, 5) is 19.3. The van der Waals surface area contributed by atoms with Gasteiger partial charge in [0.05, 0.1) is 42.7 Å². The van der Waals surface area contributed by atoms with Crippen molar-refractivity contribution in [3.8, 4) is 11.8 Å². The van der Waals surface area contributed by atoms with Gasteiger partial charge in [-0.1, -0.05) is 0 Å². The Hall–Kier alpha value is -3.64. The van der Waals surface area contributed by atoms with Crippen molar-refractivity contribution >= 4 is 29.7 Å². The van der Waals surface area contributed by atoms with Crippen molar-refractivity contribution in [1.82, 2.24) is 5.32 Å². The molecule has 1 atom stereocenters. The second kappa shape index (κ2) is 8.62. The Morgan fingerprint density at radius 1 is 1.45 bits per heavy atom. The van der Waals surface area contributed by atoms with Crippen LogP contribution < -0.4 is 20.3 Å². The minimum Gasteiger partial charge on any atom is -0.486 e. The predicted molar refractivity (Wildman–Crippen MR) is 118 cm³/mol. The first kappa shape index (κ1) is 20.6. The van der Waals surface area contributed by atoms with Gasteiger partial charge in [-0.25, -0.2) is 4.99 Å². The third kappa shape index (κ3) is 4.29. The van der Waals surface area contributed by atoms with Crippen molar-refractivity contribution in [1.29, 1.82) is 10.7 Å². The van der Waals surface area contributed by atoms with E-state index in [9.17, 15) is 4.79 Å². The van der Waals surface area contributed by atoms with Gasteiger partial charge in [-0.05, 0) is 19.1 Å². The minimum atomic E-state index is -0.586. The number of amides is 1. The SMILES string of the molecule is CC1(CC#N)Cc2cc(NC(=O)/C(C=N)=C3\N=CC=CN3)c(N3CCOCC3)cc2O1. The van der Waals surface area contributed by atoms with Crippen molar-refractivity contribution in [2.24, 2.45) is 4.99 Å². The van der Waals surface area contributed by atoms with E-state index in [4.69, 9.17) is 20.1 Å². The zero-order chi connectivity index (χ0) is 21.8. The fourth-order valence-corrected chi connectivity index (χ4v) is 3.89. The Labute approximate surface area is 180 Å². The lowest BCUT2D eigenvalue weighted by Gasteiger charge is -2.31. The molecule has 9 nitrogen and oxygen atoms in total. The van der Waals surface area contributed by atoms with Crippen molar-refractivity contribution in [2.45, 2.75) is 25.4 Å². The second-order valence-electron chi connectivity index (χ2n) is 7.78. The minimum absolute atomic E-state index is 0.125. The number of anilines is 2. The molecule has 0 bridgehead atoms. The van der Waals surface area contributed by atoms with Gasteiger partial charge in [-0.3, -0.25) is 4.79 Å². The van der Waals surface area contributed by atoms with E-state index >= 15 is 0 Å². The first-order chi connectivity index (χ1) is 15.0. The summed E-state index contributed by atoms with van der Waals surface area (Å²) in [5.74, 6) is 0.610. The lowest BCUT2D eigenvalue weighted by molar-refractivity contribution is -0.112. The van der Waals surface area contributed by atoms with Gasteiger partial charge in [0.15, 0.2) is 0 Å². The molecule has 1 aromatic rings. The van der Waals surface area contributed by atoms with Crippen LogP contribution in [0, 0.1) is 16.7 Å². The van der Waals surface area contributed by atoms with Crippen LogP contribution in [0.3, 0.4) is 0 Å². The number of nitriles is 1. The molecule has 31 heavy (non-hydrogen) atoms. The molecule has 3 aliphatic rings. The number of benzene rings is 1. The molecular formula is C22H24N6O3. The zero-order valence-electron chi connectivity index (χ0n) is 17.3. The highest BCUT2D eigenvalue weighted by Crippen LogP contribution is 2.43. The van der Waals surface area contributed by atoms with Gasteiger partial charge in [0.25, 0.3) is 5.91 Å². The fourth-order valence-electron chi connectivity index (χ4n) is 3.89. The van der Waals surface area contributed by atoms with Crippen LogP contribution in [0.25, 0.3) is 0 Å². The van der Waals surface area contributed by atoms with E-state index in [2.05, 4.69) is 26.6 Å². The Morgan fingerprint density at radius 2 is 2.26 bits per heavy atom. The first-order valence-corrected chi connectivity index (χ1v) is 10.1. The van der Waals surface area contributed by atoms with E-state index in [1.807, 2.05) is 19.1 Å². The lowest BCUT2D eigenvalue weighted by atomic mass is 9.96. The highest BCUT2D eigenvalue weighted by atomic mass is 16.5. The Bertz CT molecular complexity index is 1030. The van der Waals surface area contributed by atoms with E-state index in [0.29, 0.717) is 44.2 Å². The summed E-state index contributed by atoms with van der Waals surface area (Å²) in [5, 5.41) is 22.7. The lowest BCUT2D eigenvalue weighted by Crippen LogP contribution is -2.37. The topological polar surface area (TPSA) is 123 Å². The van der Waals surface area contributed by atoms with Gasteiger partial charge in [0.1, 0.15) is 17.2 Å². The van der Waals surface area contributed by atoms with Gasteiger partial charge in [-0.2, -0.15) is 5.26 Å². The largest absolute Gasteiger partial charge is 0.486 e. The number of nitrogens with zero attached hydrogens (tertiary/aromatic N) is 3. The number of rotatable bonds is 5. The van der Waals surface area contributed by atoms with Crippen LogP contribution in [0.2, 0.25) is 0 Å². The number of carbonyl (C=O) groups excluding carboxylic acids is 1. The van der Waals surface area contributed by atoms with Gasteiger partial charge in [-0.15, -0.1) is 0 Å². The molecule has 4 rings (SSSR count). The van der Waals surface area contributed by atoms with Crippen molar-refractivity contribution in [3.63, 3.8) is 0 Å². The van der Waals surface area contributed by atoms with Gasteiger partial charge in [0.2, 0.25) is 0 Å². The van der Waals surface area contributed by atoms with Crippen molar-refractivity contribution in [2.75, 3.05) is 36.5 Å². The van der Waals surface area contributed by atoms with Crippen LogP contribution in [-0.2, 0) is 16.0 Å². The first-order valence-electron chi connectivity index (χ1n) is 10.1. The van der Waals surface area contributed by atoms with Gasteiger partial charge >= 0.3 is 0 Å². The fraction of sp³-hybridized carbons (Fsp3) is 0.364. The number of hydrogen-bond acceptors (Lipinski definition) is 8. The number of hydrogen-bond donors (Lipinski definition) is 3. The maximum absolute atomic E-state index is 13.0. The molecular weight excluding hydrogens is 396 g/mol. The maximum Gasteiger partial charge on any atom is 0.261 e. The summed E-state index contributed by atoms with van der Waals surface area (Å²) >= 11 is 0. The molecule has 160 valence electrons. The molecule has 1 aromatic carbocycles. The van der Waals surface area contributed by atoms with E-state index in [0.717, 1.165) is 23.2 Å². The Morgan fingerprint density at radius 3 is 2.94 bits per heavy atom.